The quantitative estimate of drug-likeness (QED) is 0.751. The van der Waals surface area contributed by atoms with E-state index in [-0.39, 0.29) is 6.10 Å². The molecule has 0 bridgehead atoms. The van der Waals surface area contributed by atoms with E-state index in [0.717, 1.165) is 20.9 Å². The summed E-state index contributed by atoms with van der Waals surface area (Å²) in [5.41, 5.74) is 0.897. The minimum Gasteiger partial charge on any atom is -0.482 e. The lowest BCUT2D eigenvalue weighted by molar-refractivity contribution is 0.224. The maximum absolute atomic E-state index is 5.85. The van der Waals surface area contributed by atoms with E-state index in [1.54, 1.807) is 11.3 Å². The number of rotatable bonds is 4. The van der Waals surface area contributed by atoms with Crippen LogP contribution in [0.25, 0.3) is 0 Å². The fraction of sp³-hybridized carbons (Fsp3) is 0.250. The topological polar surface area (TPSA) is 22.1 Å². The number of nitrogens with zero attached hydrogens (tertiary/aromatic N) is 1. The first-order valence-corrected chi connectivity index (χ1v) is 7.33. The van der Waals surface area contributed by atoms with Gasteiger partial charge in [-0.1, -0.05) is 12.1 Å². The monoisotopic (exact) mass is 331 g/mol. The Balaban J connectivity index is 2.11. The molecule has 0 radical (unpaired) electrons. The van der Waals surface area contributed by atoms with Gasteiger partial charge in [0.05, 0.1) is 16.0 Å². The largest absolute Gasteiger partial charge is 0.482 e. The van der Waals surface area contributed by atoms with E-state index in [2.05, 4.69) is 20.9 Å². The molecule has 2 aromatic rings. The van der Waals surface area contributed by atoms with Crippen LogP contribution in [0.15, 0.2) is 34.1 Å². The third-order valence-electron chi connectivity index (χ3n) is 2.19. The summed E-state index contributed by atoms with van der Waals surface area (Å²) in [6.45, 7) is 1.98. The van der Waals surface area contributed by atoms with Crippen molar-refractivity contribution in [2.24, 2.45) is 0 Å². The average Bonchev–Trinajstić information content (AvgIpc) is 2.81. The van der Waals surface area contributed by atoms with Crippen molar-refractivity contribution in [3.63, 3.8) is 0 Å². The fourth-order valence-corrected chi connectivity index (χ4v) is 2.76. The van der Waals surface area contributed by atoms with Gasteiger partial charge in [0.2, 0.25) is 0 Å². The maximum Gasteiger partial charge on any atom is 0.147 e. The zero-order valence-electron chi connectivity index (χ0n) is 9.19. The van der Waals surface area contributed by atoms with Gasteiger partial charge in [-0.15, -0.1) is 22.9 Å². The van der Waals surface area contributed by atoms with Crippen molar-refractivity contribution in [3.05, 3.63) is 44.8 Å². The van der Waals surface area contributed by atoms with Crippen molar-refractivity contribution in [2.45, 2.75) is 18.9 Å². The molecule has 0 aliphatic heterocycles. The van der Waals surface area contributed by atoms with Crippen LogP contribution in [-0.2, 0) is 5.88 Å². The Morgan fingerprint density at radius 1 is 1.47 bits per heavy atom. The predicted octanol–water partition coefficient (Wildman–Crippen LogP) is 4.78. The van der Waals surface area contributed by atoms with Crippen LogP contribution in [0.5, 0.6) is 5.75 Å². The zero-order chi connectivity index (χ0) is 12.3. The van der Waals surface area contributed by atoms with E-state index in [4.69, 9.17) is 16.3 Å². The molecule has 0 aliphatic rings. The van der Waals surface area contributed by atoms with Gasteiger partial charge in [-0.05, 0) is 35.0 Å². The summed E-state index contributed by atoms with van der Waals surface area (Å²) in [5, 5.41) is 2.90. The number of hydrogen-bond donors (Lipinski definition) is 0. The van der Waals surface area contributed by atoms with Crippen LogP contribution >= 0.6 is 38.9 Å². The van der Waals surface area contributed by atoms with Crippen LogP contribution < -0.4 is 4.74 Å². The van der Waals surface area contributed by atoms with E-state index in [0.29, 0.717) is 5.88 Å². The molecule has 0 saturated carbocycles. The normalized spacial score (nSPS) is 12.4. The lowest BCUT2D eigenvalue weighted by Crippen LogP contribution is -2.03. The second-order valence-electron chi connectivity index (χ2n) is 3.50. The van der Waals surface area contributed by atoms with Gasteiger partial charge in [0, 0.05) is 5.38 Å². The molecule has 2 nitrogen and oxygen atoms in total. The first-order chi connectivity index (χ1) is 8.20. The zero-order valence-corrected chi connectivity index (χ0v) is 12.3. The van der Waals surface area contributed by atoms with Crippen molar-refractivity contribution in [1.29, 1.82) is 0 Å². The van der Waals surface area contributed by atoms with Crippen molar-refractivity contribution in [2.75, 3.05) is 0 Å². The van der Waals surface area contributed by atoms with Crippen LogP contribution in [0.2, 0.25) is 0 Å². The standard InChI is InChI=1S/C12H11BrClNOS/c1-8(12-15-9(6-14)7-17-12)16-11-5-3-2-4-10(11)13/h2-5,7-8H,6H2,1H3. The van der Waals surface area contributed by atoms with E-state index in [1.807, 2.05) is 36.6 Å². The summed E-state index contributed by atoms with van der Waals surface area (Å²) in [6, 6.07) is 7.78. The van der Waals surface area contributed by atoms with E-state index in [1.165, 1.54) is 0 Å². The van der Waals surface area contributed by atoms with Gasteiger partial charge in [0.25, 0.3) is 0 Å². The average molecular weight is 333 g/mol. The van der Waals surface area contributed by atoms with E-state index < -0.39 is 0 Å². The Hall–Kier alpha value is -0.580. The molecule has 1 aromatic carbocycles. The molecule has 0 N–H and O–H groups in total. The van der Waals surface area contributed by atoms with Crippen molar-refractivity contribution < 1.29 is 4.74 Å². The molecule has 1 unspecified atom stereocenters. The Bertz CT molecular complexity index is 503. The first-order valence-electron chi connectivity index (χ1n) is 5.12. The van der Waals surface area contributed by atoms with Crippen LogP contribution in [-0.4, -0.2) is 4.98 Å². The van der Waals surface area contributed by atoms with Gasteiger partial charge in [0.1, 0.15) is 16.9 Å². The summed E-state index contributed by atoms with van der Waals surface area (Å²) >= 11 is 10.8. The molecule has 0 spiro atoms. The van der Waals surface area contributed by atoms with Gasteiger partial charge >= 0.3 is 0 Å². The molecule has 17 heavy (non-hydrogen) atoms. The molecule has 1 atom stereocenters. The number of hydrogen-bond acceptors (Lipinski definition) is 3. The third-order valence-corrected chi connectivity index (χ3v) is 4.18. The maximum atomic E-state index is 5.85. The molecule has 1 aromatic heterocycles. The molecule has 0 amide bonds. The SMILES string of the molecule is CC(Oc1ccccc1Br)c1nc(CCl)cs1. The molecule has 0 fully saturated rings. The Morgan fingerprint density at radius 3 is 2.88 bits per heavy atom. The van der Waals surface area contributed by atoms with Crippen molar-refractivity contribution >= 4 is 38.9 Å². The summed E-state index contributed by atoms with van der Waals surface area (Å²) in [5.74, 6) is 1.26. The van der Waals surface area contributed by atoms with Crippen molar-refractivity contribution in [1.82, 2.24) is 4.98 Å². The highest BCUT2D eigenvalue weighted by atomic mass is 79.9. The molecule has 90 valence electrons. The Labute approximate surface area is 118 Å². The molecule has 2 rings (SSSR count). The number of halogens is 2. The lowest BCUT2D eigenvalue weighted by Gasteiger charge is -2.13. The Morgan fingerprint density at radius 2 is 2.24 bits per heavy atom. The summed E-state index contributed by atoms with van der Waals surface area (Å²) in [7, 11) is 0. The first kappa shape index (κ1) is 12.9. The number of ether oxygens (including phenoxy) is 1. The Kier molecular flexibility index (Phi) is 4.42. The molecule has 0 aliphatic carbocycles. The van der Waals surface area contributed by atoms with Crippen LogP contribution in [0.1, 0.15) is 23.7 Å². The molecule has 5 heteroatoms. The molecular formula is C12H11BrClNOS. The summed E-state index contributed by atoms with van der Waals surface area (Å²) in [4.78, 5) is 4.40. The summed E-state index contributed by atoms with van der Waals surface area (Å²) < 4.78 is 6.79. The van der Waals surface area contributed by atoms with Gasteiger partial charge in [-0.25, -0.2) is 4.98 Å². The van der Waals surface area contributed by atoms with Crippen LogP contribution in [0.4, 0.5) is 0 Å². The van der Waals surface area contributed by atoms with E-state index in [9.17, 15) is 0 Å². The smallest absolute Gasteiger partial charge is 0.147 e. The second-order valence-corrected chi connectivity index (χ2v) is 5.51. The molecule has 1 heterocycles. The van der Waals surface area contributed by atoms with Gasteiger partial charge in [-0.2, -0.15) is 0 Å². The third kappa shape index (κ3) is 3.21. The number of thiazole rings is 1. The number of aromatic nitrogens is 1. The van der Waals surface area contributed by atoms with E-state index >= 15 is 0 Å². The number of para-hydroxylation sites is 1. The highest BCUT2D eigenvalue weighted by molar-refractivity contribution is 9.10. The number of alkyl halides is 1. The summed E-state index contributed by atoms with van der Waals surface area (Å²) in [6.07, 6.45) is -0.0735. The minimum absolute atomic E-state index is 0.0735. The highest BCUT2D eigenvalue weighted by Crippen LogP contribution is 2.30. The second kappa shape index (κ2) is 5.85. The fourth-order valence-electron chi connectivity index (χ4n) is 1.35. The molecule has 0 saturated heterocycles. The lowest BCUT2D eigenvalue weighted by atomic mass is 10.3. The number of benzene rings is 1. The predicted molar refractivity (Wildman–Crippen MR) is 74.9 cm³/mol. The highest BCUT2D eigenvalue weighted by Gasteiger charge is 2.13. The van der Waals surface area contributed by atoms with Gasteiger partial charge in [0.15, 0.2) is 0 Å². The molecular weight excluding hydrogens is 322 g/mol. The van der Waals surface area contributed by atoms with Crippen LogP contribution in [0, 0.1) is 0 Å². The van der Waals surface area contributed by atoms with Gasteiger partial charge in [-0.3, -0.25) is 0 Å². The van der Waals surface area contributed by atoms with Crippen LogP contribution in [0.3, 0.4) is 0 Å². The van der Waals surface area contributed by atoms with Gasteiger partial charge < -0.3 is 4.74 Å². The minimum atomic E-state index is -0.0735. The van der Waals surface area contributed by atoms with Crippen molar-refractivity contribution in [3.8, 4) is 5.75 Å².